The normalized spacial score (nSPS) is 11.7. The summed E-state index contributed by atoms with van der Waals surface area (Å²) in [5, 5.41) is 1.17. The molecule has 0 bridgehead atoms. The Labute approximate surface area is 98.7 Å². The summed E-state index contributed by atoms with van der Waals surface area (Å²) in [6, 6.07) is 8.13. The highest BCUT2D eigenvalue weighted by atomic mass is 32.1. The molecule has 0 amide bonds. The second-order valence-corrected chi connectivity index (χ2v) is 4.46. The molecule has 16 heavy (non-hydrogen) atoms. The first kappa shape index (κ1) is 10.8. The number of aldehydes is 1. The van der Waals surface area contributed by atoms with Gasteiger partial charge in [0.05, 0.1) is 0 Å². The first-order valence-electron chi connectivity index (χ1n) is 5.07. The molecule has 1 heterocycles. The first-order chi connectivity index (χ1) is 7.81. The summed E-state index contributed by atoms with van der Waals surface area (Å²) in [7, 11) is 0. The van der Waals surface area contributed by atoms with E-state index >= 15 is 0 Å². The number of carbonyl (C=O) groups is 1. The van der Waals surface area contributed by atoms with Crippen LogP contribution in [0.5, 0.6) is 0 Å². The van der Waals surface area contributed by atoms with Crippen LogP contribution in [0, 0.1) is 0 Å². The minimum atomic E-state index is 0.733. The van der Waals surface area contributed by atoms with Gasteiger partial charge in [-0.2, -0.15) is 0 Å². The van der Waals surface area contributed by atoms with Gasteiger partial charge in [-0.25, -0.2) is 0 Å². The predicted octanol–water partition coefficient (Wildman–Crippen LogP) is 4.15. The maximum absolute atomic E-state index is 11.0. The monoisotopic (exact) mass is 228 g/mol. The second kappa shape index (κ2) is 4.45. The molecule has 0 atom stereocenters. The van der Waals surface area contributed by atoms with Crippen LogP contribution in [0.15, 0.2) is 36.9 Å². The highest BCUT2D eigenvalue weighted by Gasteiger charge is 2.11. The molecule has 0 spiro atoms. The van der Waals surface area contributed by atoms with Gasteiger partial charge < -0.3 is 0 Å². The molecule has 1 aromatic heterocycles. The van der Waals surface area contributed by atoms with E-state index in [2.05, 4.69) is 18.7 Å². The zero-order valence-corrected chi connectivity index (χ0v) is 9.88. The molecule has 0 radical (unpaired) electrons. The van der Waals surface area contributed by atoms with Crippen LogP contribution >= 0.6 is 11.3 Å². The van der Waals surface area contributed by atoms with Gasteiger partial charge in [0, 0.05) is 26.1 Å². The quantitative estimate of drug-likeness (QED) is 0.570. The molecule has 2 aromatic rings. The highest BCUT2D eigenvalue weighted by molar-refractivity contribution is 7.20. The van der Waals surface area contributed by atoms with Gasteiger partial charge in [0.25, 0.3) is 0 Å². The molecule has 0 aliphatic carbocycles. The van der Waals surface area contributed by atoms with Crippen molar-refractivity contribution in [1.29, 1.82) is 0 Å². The SMILES string of the molecule is C=Cc1c(/C(C=O)=C\C)sc2ccccc12. The maximum atomic E-state index is 11.0. The number of rotatable bonds is 3. The Morgan fingerprint density at radius 2 is 2.12 bits per heavy atom. The van der Waals surface area contributed by atoms with Crippen LogP contribution in [0.25, 0.3) is 21.7 Å². The average Bonchev–Trinajstić information content (AvgIpc) is 2.69. The number of hydrogen-bond donors (Lipinski definition) is 0. The van der Waals surface area contributed by atoms with Crippen molar-refractivity contribution in [3.8, 4) is 0 Å². The van der Waals surface area contributed by atoms with Crippen LogP contribution in [-0.2, 0) is 4.79 Å². The van der Waals surface area contributed by atoms with Gasteiger partial charge >= 0.3 is 0 Å². The molecule has 1 nitrogen and oxygen atoms in total. The number of thiophene rings is 1. The Kier molecular flexibility index (Phi) is 3.02. The molecule has 0 fully saturated rings. The molecule has 0 aliphatic heterocycles. The lowest BCUT2D eigenvalue weighted by Gasteiger charge is -1.97. The van der Waals surface area contributed by atoms with Crippen LogP contribution < -0.4 is 0 Å². The molecule has 2 heteroatoms. The van der Waals surface area contributed by atoms with E-state index in [4.69, 9.17) is 0 Å². The molecule has 2 rings (SSSR count). The summed E-state index contributed by atoms with van der Waals surface area (Å²) in [6.45, 7) is 5.70. The summed E-state index contributed by atoms with van der Waals surface area (Å²) >= 11 is 1.63. The van der Waals surface area contributed by atoms with Crippen LogP contribution in [0.2, 0.25) is 0 Å². The van der Waals surface area contributed by atoms with Gasteiger partial charge in [-0.1, -0.05) is 36.9 Å². The molecular formula is C14H12OS. The third-order valence-corrected chi connectivity index (χ3v) is 3.77. The lowest BCUT2D eigenvalue weighted by molar-refractivity contribution is -0.103. The number of hydrogen-bond acceptors (Lipinski definition) is 2. The van der Waals surface area contributed by atoms with Gasteiger partial charge in [0.1, 0.15) is 0 Å². The molecule has 80 valence electrons. The third kappa shape index (κ3) is 1.61. The van der Waals surface area contributed by atoms with Crippen LogP contribution in [0.3, 0.4) is 0 Å². The second-order valence-electron chi connectivity index (χ2n) is 3.41. The van der Waals surface area contributed by atoms with Crippen molar-refractivity contribution >= 4 is 39.4 Å². The minimum absolute atomic E-state index is 0.733. The maximum Gasteiger partial charge on any atom is 0.151 e. The van der Waals surface area contributed by atoms with Crippen molar-refractivity contribution in [2.24, 2.45) is 0 Å². The standard InChI is InChI=1S/C14H12OS/c1-3-10(9-15)14-11(4-2)12-7-5-6-8-13(12)16-14/h3-9H,2H2,1H3/b10-3-. The Morgan fingerprint density at radius 3 is 2.75 bits per heavy atom. The van der Waals surface area contributed by atoms with Crippen LogP contribution in [0.4, 0.5) is 0 Å². The van der Waals surface area contributed by atoms with E-state index in [1.54, 1.807) is 11.3 Å². The zero-order chi connectivity index (χ0) is 11.5. The zero-order valence-electron chi connectivity index (χ0n) is 9.07. The molecule has 0 saturated heterocycles. The summed E-state index contributed by atoms with van der Waals surface area (Å²) in [6.07, 6.45) is 4.56. The number of fused-ring (bicyclic) bond motifs is 1. The Hall–Kier alpha value is -1.67. The van der Waals surface area contributed by atoms with Crippen LogP contribution in [0.1, 0.15) is 17.4 Å². The molecule has 0 aliphatic rings. The molecule has 0 N–H and O–H groups in total. The largest absolute Gasteiger partial charge is 0.298 e. The number of carbonyl (C=O) groups excluding carboxylic acids is 1. The van der Waals surface area contributed by atoms with Gasteiger partial charge in [0.2, 0.25) is 0 Å². The molecular weight excluding hydrogens is 216 g/mol. The van der Waals surface area contributed by atoms with E-state index in [1.165, 1.54) is 10.1 Å². The predicted molar refractivity (Wildman–Crippen MR) is 71.6 cm³/mol. The topological polar surface area (TPSA) is 17.1 Å². The molecule has 1 aromatic carbocycles. The average molecular weight is 228 g/mol. The lowest BCUT2D eigenvalue weighted by Crippen LogP contribution is -1.83. The van der Waals surface area contributed by atoms with Crippen molar-refractivity contribution < 1.29 is 4.79 Å². The Morgan fingerprint density at radius 1 is 1.38 bits per heavy atom. The summed E-state index contributed by atoms with van der Waals surface area (Å²) in [5.74, 6) is 0. The van der Waals surface area contributed by atoms with Gasteiger partial charge in [-0.3, -0.25) is 4.79 Å². The number of allylic oxidation sites excluding steroid dienone is 2. The Balaban J connectivity index is 2.79. The van der Waals surface area contributed by atoms with E-state index in [0.717, 1.165) is 22.3 Å². The van der Waals surface area contributed by atoms with E-state index in [-0.39, 0.29) is 0 Å². The fourth-order valence-corrected chi connectivity index (χ4v) is 2.98. The van der Waals surface area contributed by atoms with E-state index in [0.29, 0.717) is 0 Å². The first-order valence-corrected chi connectivity index (χ1v) is 5.89. The minimum Gasteiger partial charge on any atom is -0.298 e. The Bertz CT molecular complexity index is 575. The molecule has 0 unspecified atom stereocenters. The van der Waals surface area contributed by atoms with Crippen molar-refractivity contribution in [1.82, 2.24) is 0 Å². The van der Waals surface area contributed by atoms with Crippen molar-refractivity contribution in [3.05, 3.63) is 47.4 Å². The van der Waals surface area contributed by atoms with Gasteiger partial charge in [-0.05, 0) is 13.0 Å². The lowest BCUT2D eigenvalue weighted by atomic mass is 10.1. The summed E-state index contributed by atoms with van der Waals surface area (Å²) in [4.78, 5) is 12.0. The van der Waals surface area contributed by atoms with Crippen molar-refractivity contribution in [3.63, 3.8) is 0 Å². The van der Waals surface area contributed by atoms with Gasteiger partial charge in [0.15, 0.2) is 6.29 Å². The summed E-state index contributed by atoms with van der Waals surface area (Å²) in [5.41, 5.74) is 1.79. The fraction of sp³-hybridized carbons (Fsp3) is 0.0714. The number of benzene rings is 1. The van der Waals surface area contributed by atoms with Crippen molar-refractivity contribution in [2.75, 3.05) is 0 Å². The smallest absolute Gasteiger partial charge is 0.151 e. The van der Waals surface area contributed by atoms with Gasteiger partial charge in [-0.15, -0.1) is 11.3 Å². The molecule has 0 saturated carbocycles. The summed E-state index contributed by atoms with van der Waals surface area (Å²) < 4.78 is 1.19. The van der Waals surface area contributed by atoms with E-state index in [1.807, 2.05) is 31.2 Å². The van der Waals surface area contributed by atoms with Crippen LogP contribution in [-0.4, -0.2) is 6.29 Å². The van der Waals surface area contributed by atoms with E-state index in [9.17, 15) is 4.79 Å². The fourth-order valence-electron chi connectivity index (χ4n) is 1.74. The van der Waals surface area contributed by atoms with E-state index < -0.39 is 0 Å². The highest BCUT2D eigenvalue weighted by Crippen LogP contribution is 2.35. The van der Waals surface area contributed by atoms with Crippen molar-refractivity contribution in [2.45, 2.75) is 6.92 Å². The third-order valence-electron chi connectivity index (χ3n) is 2.54.